The van der Waals surface area contributed by atoms with Gasteiger partial charge in [0.15, 0.2) is 11.6 Å². The molecule has 1 unspecified atom stereocenters. The molecule has 1 amide bonds. The van der Waals surface area contributed by atoms with Gasteiger partial charge in [0.25, 0.3) is 0 Å². The summed E-state index contributed by atoms with van der Waals surface area (Å²) in [6.07, 6.45) is 6.54. The Morgan fingerprint density at radius 3 is 2.34 bits per heavy atom. The number of phenolic OH excluding ortho intramolecular Hbond substituents is 1. The second-order valence-corrected chi connectivity index (χ2v) is 13.9. The third-order valence-electron chi connectivity index (χ3n) is 10.1. The molecule has 1 aliphatic carbocycles. The monoisotopic (exact) mass is 647 g/mol. The third-order valence-corrected chi connectivity index (χ3v) is 10.1. The normalized spacial score (nSPS) is 17.3. The Bertz CT molecular complexity index is 1560. The number of H-pyrrole nitrogens is 1. The van der Waals surface area contributed by atoms with Crippen LogP contribution in [0.2, 0.25) is 0 Å². The number of nitrogens with zero attached hydrogens (tertiary/aromatic N) is 1. The number of fused-ring (bicyclic) bond motifs is 1. The van der Waals surface area contributed by atoms with Crippen LogP contribution in [0.1, 0.15) is 113 Å². The summed E-state index contributed by atoms with van der Waals surface area (Å²) < 4.78 is 0. The summed E-state index contributed by atoms with van der Waals surface area (Å²) in [5.74, 6) is -0.989. The van der Waals surface area contributed by atoms with E-state index in [1.54, 1.807) is 24.3 Å². The lowest BCUT2D eigenvalue weighted by Gasteiger charge is -2.30. The highest BCUT2D eigenvalue weighted by Crippen LogP contribution is 2.39. The summed E-state index contributed by atoms with van der Waals surface area (Å²) in [5, 5.41) is 25.0. The van der Waals surface area contributed by atoms with Crippen molar-refractivity contribution in [2.45, 2.75) is 111 Å². The molecule has 47 heavy (non-hydrogen) atoms. The van der Waals surface area contributed by atoms with Crippen LogP contribution in [0.3, 0.4) is 0 Å². The molecule has 1 heterocycles. The molecule has 0 saturated heterocycles. The van der Waals surface area contributed by atoms with E-state index < -0.39 is 24.1 Å². The number of aliphatic hydroxyl groups excluding tert-OH is 1. The smallest absolute Gasteiger partial charge is 0.237 e. The topological polar surface area (TPSA) is 184 Å². The van der Waals surface area contributed by atoms with E-state index in [9.17, 15) is 24.6 Å². The second kappa shape index (κ2) is 16.0. The van der Waals surface area contributed by atoms with E-state index >= 15 is 0 Å². The highest BCUT2D eigenvalue weighted by molar-refractivity contribution is 6.19. The number of ketones is 2. The van der Waals surface area contributed by atoms with Crippen LogP contribution >= 0.6 is 0 Å². The van der Waals surface area contributed by atoms with Gasteiger partial charge < -0.3 is 32.0 Å². The Balaban J connectivity index is 1.76. The summed E-state index contributed by atoms with van der Waals surface area (Å²) in [4.78, 5) is 48.7. The molecule has 1 aliphatic rings. The number of rotatable bonds is 15. The molecule has 3 aromatic rings. The number of phenols is 1. The van der Waals surface area contributed by atoms with Gasteiger partial charge in [-0.3, -0.25) is 14.4 Å². The molecule has 0 radical (unpaired) electrons. The first-order chi connectivity index (χ1) is 22.3. The molecule has 5 atom stereocenters. The molecule has 2 aromatic carbocycles. The van der Waals surface area contributed by atoms with Crippen molar-refractivity contribution in [1.29, 1.82) is 0 Å². The molecule has 256 valence electrons. The highest BCUT2D eigenvalue weighted by Gasteiger charge is 2.35. The van der Waals surface area contributed by atoms with Crippen LogP contribution in [0.25, 0.3) is 22.2 Å². The fourth-order valence-corrected chi connectivity index (χ4v) is 6.87. The lowest BCUT2D eigenvalue weighted by atomic mass is 9.77. The number of carbonyl (C=O) groups is 3. The third kappa shape index (κ3) is 8.47. The average molecular weight is 648 g/mol. The molecular weight excluding hydrogens is 594 g/mol. The number of aromatic hydroxyl groups is 1. The first kappa shape index (κ1) is 36.2. The standard InChI is InChI=1S/C37H53N5O5/c1-6-21(4)34(39)37(47)40-19-31-41-28-17-26(24-14-10-11-15-29(24)44)33(32(22(5)43)35(28)42-31)36(46)25(20(2)3)18-30(45)27(38)16-23-12-8-7-9-13-23/h10-11,14-15,17,20-21,23,25,27,30,34,44-45H,6-9,12-13,16,18-19,38-39H2,1-5H3,(H,40,47)(H,41,42)/t21-,25?,27-,30-,34-/m0/s1. The van der Waals surface area contributed by atoms with Crippen molar-refractivity contribution in [3.05, 3.63) is 47.3 Å². The predicted molar refractivity (Wildman–Crippen MR) is 185 cm³/mol. The van der Waals surface area contributed by atoms with E-state index in [1.807, 2.05) is 27.7 Å². The van der Waals surface area contributed by atoms with Gasteiger partial charge in [-0.15, -0.1) is 0 Å². The largest absolute Gasteiger partial charge is 0.507 e. The number of hydrogen-bond donors (Lipinski definition) is 6. The zero-order valence-electron chi connectivity index (χ0n) is 28.5. The van der Waals surface area contributed by atoms with E-state index in [4.69, 9.17) is 11.5 Å². The lowest BCUT2D eigenvalue weighted by Crippen LogP contribution is -2.44. The summed E-state index contributed by atoms with van der Waals surface area (Å²) in [6, 6.07) is 7.25. The molecular formula is C37H53N5O5. The lowest BCUT2D eigenvalue weighted by molar-refractivity contribution is -0.123. The van der Waals surface area contributed by atoms with Crippen molar-refractivity contribution in [2.75, 3.05) is 0 Å². The Morgan fingerprint density at radius 2 is 1.72 bits per heavy atom. The number of Topliss-reactive ketones (excluding diaryl/α,β-unsaturated/α-hetero) is 2. The number of hydrogen-bond acceptors (Lipinski definition) is 8. The Kier molecular flexibility index (Phi) is 12.3. The molecule has 10 nitrogen and oxygen atoms in total. The van der Waals surface area contributed by atoms with Crippen molar-refractivity contribution in [1.82, 2.24) is 15.3 Å². The van der Waals surface area contributed by atoms with Crippen molar-refractivity contribution >= 4 is 28.5 Å². The Morgan fingerprint density at radius 1 is 1.04 bits per heavy atom. The number of amides is 1. The van der Waals surface area contributed by atoms with Gasteiger partial charge in [-0.1, -0.05) is 84.4 Å². The number of aromatic amines is 1. The van der Waals surface area contributed by atoms with Crippen LogP contribution in [-0.2, 0) is 11.3 Å². The van der Waals surface area contributed by atoms with Crippen LogP contribution in [0.4, 0.5) is 0 Å². The first-order valence-corrected chi connectivity index (χ1v) is 17.2. The summed E-state index contributed by atoms with van der Waals surface area (Å²) >= 11 is 0. The maximum absolute atomic E-state index is 14.7. The average Bonchev–Trinajstić information content (AvgIpc) is 3.47. The zero-order valence-corrected chi connectivity index (χ0v) is 28.5. The molecule has 1 saturated carbocycles. The number of imidazole rings is 1. The van der Waals surface area contributed by atoms with E-state index in [-0.39, 0.29) is 59.2 Å². The van der Waals surface area contributed by atoms with Crippen molar-refractivity contribution in [2.24, 2.45) is 35.1 Å². The predicted octanol–water partition coefficient (Wildman–Crippen LogP) is 5.63. The van der Waals surface area contributed by atoms with Gasteiger partial charge >= 0.3 is 0 Å². The fourth-order valence-electron chi connectivity index (χ4n) is 6.87. The summed E-state index contributed by atoms with van der Waals surface area (Å²) in [5.41, 5.74) is 14.5. The number of aliphatic hydroxyl groups is 1. The Labute approximate surface area is 278 Å². The van der Waals surface area contributed by atoms with E-state index in [2.05, 4.69) is 15.3 Å². The minimum atomic E-state index is -0.895. The molecule has 1 aromatic heterocycles. The molecule has 4 rings (SSSR count). The highest BCUT2D eigenvalue weighted by atomic mass is 16.3. The van der Waals surface area contributed by atoms with Gasteiger partial charge in [-0.25, -0.2) is 4.98 Å². The van der Waals surface area contributed by atoms with E-state index in [0.717, 1.165) is 19.3 Å². The maximum atomic E-state index is 14.7. The van der Waals surface area contributed by atoms with Crippen LogP contribution in [0.15, 0.2) is 30.3 Å². The maximum Gasteiger partial charge on any atom is 0.237 e. The quantitative estimate of drug-likeness (QED) is 0.115. The first-order valence-electron chi connectivity index (χ1n) is 17.2. The van der Waals surface area contributed by atoms with Crippen LogP contribution in [0, 0.1) is 23.7 Å². The van der Waals surface area contributed by atoms with Gasteiger partial charge in [-0.05, 0) is 55.2 Å². The minimum Gasteiger partial charge on any atom is -0.507 e. The van der Waals surface area contributed by atoms with E-state index in [0.29, 0.717) is 40.3 Å². The zero-order chi connectivity index (χ0) is 34.4. The minimum absolute atomic E-state index is 0.00102. The molecule has 0 spiro atoms. The van der Waals surface area contributed by atoms with E-state index in [1.165, 1.54) is 32.3 Å². The number of benzene rings is 2. The second-order valence-electron chi connectivity index (χ2n) is 13.9. The van der Waals surface area contributed by atoms with Crippen LogP contribution < -0.4 is 16.8 Å². The number of aromatic nitrogens is 2. The van der Waals surface area contributed by atoms with Crippen molar-refractivity contribution in [3.8, 4) is 16.9 Å². The molecule has 0 aliphatic heterocycles. The van der Waals surface area contributed by atoms with Crippen molar-refractivity contribution in [3.63, 3.8) is 0 Å². The van der Waals surface area contributed by atoms with Crippen LogP contribution in [0.5, 0.6) is 5.75 Å². The summed E-state index contributed by atoms with van der Waals surface area (Å²) in [7, 11) is 0. The van der Waals surface area contributed by atoms with Gasteiger partial charge in [0.05, 0.1) is 29.8 Å². The molecule has 8 N–H and O–H groups in total. The molecule has 10 heteroatoms. The van der Waals surface area contributed by atoms with Gasteiger partial charge in [0.2, 0.25) is 5.91 Å². The molecule has 1 fully saturated rings. The van der Waals surface area contributed by atoms with Gasteiger partial charge in [0.1, 0.15) is 17.1 Å². The number of nitrogens with one attached hydrogen (secondary N) is 2. The van der Waals surface area contributed by atoms with Gasteiger partial charge in [0, 0.05) is 23.1 Å². The van der Waals surface area contributed by atoms with Crippen LogP contribution in [-0.4, -0.2) is 55.8 Å². The number of nitrogens with two attached hydrogens (primary N) is 2. The fraction of sp³-hybridized carbons (Fsp3) is 0.568. The Hall–Kier alpha value is -3.60. The summed E-state index contributed by atoms with van der Waals surface area (Å²) in [6.45, 7) is 9.17. The SMILES string of the molecule is CC[C@H](C)[C@H](N)C(=O)NCc1nc2c(C(C)=O)c(C(=O)C(C[C@H](O)[C@@H](N)CC3CCCCC3)C(C)C)c(-c3ccccc3O)cc2[nH]1. The number of para-hydroxylation sites is 1. The number of carbonyl (C=O) groups excluding carboxylic acids is 3. The molecule has 0 bridgehead atoms. The van der Waals surface area contributed by atoms with Gasteiger partial charge in [-0.2, -0.15) is 0 Å². The van der Waals surface area contributed by atoms with Crippen molar-refractivity contribution < 1.29 is 24.6 Å².